The smallest absolute Gasteiger partial charge is 0.306 e. The number of unbranched alkanes of at least 4 members (excludes halogenated alkanes) is 47. The lowest BCUT2D eigenvalue weighted by Crippen LogP contribution is -2.30. The lowest BCUT2D eigenvalue weighted by atomic mass is 10.0. The van der Waals surface area contributed by atoms with Gasteiger partial charge in [-0.25, -0.2) is 0 Å². The number of carbonyl (C=O) groups is 3. The zero-order valence-electron chi connectivity index (χ0n) is 48.3. The molecule has 0 N–H and O–H groups in total. The maximum atomic E-state index is 12.9. The molecule has 0 aliphatic heterocycles. The van der Waals surface area contributed by atoms with Crippen molar-refractivity contribution in [1.29, 1.82) is 0 Å². The van der Waals surface area contributed by atoms with Crippen molar-refractivity contribution in [3.8, 4) is 0 Å². The minimum atomic E-state index is -0.767. The second kappa shape index (κ2) is 60.7. The van der Waals surface area contributed by atoms with E-state index >= 15 is 0 Å². The maximum Gasteiger partial charge on any atom is 0.306 e. The summed E-state index contributed by atoms with van der Waals surface area (Å²) in [5.41, 5.74) is 0. The molecule has 0 bridgehead atoms. The molecule has 0 aliphatic carbocycles. The first-order valence-electron chi connectivity index (χ1n) is 32.2. The van der Waals surface area contributed by atoms with E-state index in [0.717, 1.165) is 57.8 Å². The number of carbonyl (C=O) groups excluding carboxylic acids is 3. The second-order valence-corrected chi connectivity index (χ2v) is 22.0. The van der Waals surface area contributed by atoms with Gasteiger partial charge in [0.1, 0.15) is 13.2 Å². The predicted molar refractivity (Wildman–Crippen MR) is 307 cm³/mol. The topological polar surface area (TPSA) is 78.9 Å². The van der Waals surface area contributed by atoms with E-state index in [1.165, 1.54) is 270 Å². The molecule has 0 aromatic heterocycles. The molecule has 0 saturated carbocycles. The fourth-order valence-electron chi connectivity index (χ4n) is 9.91. The summed E-state index contributed by atoms with van der Waals surface area (Å²) in [6.45, 7) is 6.71. The second-order valence-electron chi connectivity index (χ2n) is 22.0. The van der Waals surface area contributed by atoms with Crippen LogP contribution in [-0.2, 0) is 28.6 Å². The molecule has 6 heteroatoms. The first-order valence-corrected chi connectivity index (χ1v) is 32.2. The van der Waals surface area contributed by atoms with Gasteiger partial charge in [0.05, 0.1) is 0 Å². The SMILES string of the molecule is CCCCCCCC/C=C\CCCCCCCCCC(=O)OC[C@H](COC(=O)CCCCCCCCCCCCCCCCC)OC(=O)CCCCCCCCCCCCCCCCCCCCCCC. The molecule has 0 unspecified atom stereocenters. The molecule has 0 spiro atoms. The van der Waals surface area contributed by atoms with Gasteiger partial charge in [-0.15, -0.1) is 0 Å². The summed E-state index contributed by atoms with van der Waals surface area (Å²) in [6.07, 6.45) is 70.7. The molecule has 1 atom stereocenters. The van der Waals surface area contributed by atoms with E-state index in [1.807, 2.05) is 0 Å². The maximum absolute atomic E-state index is 12.9. The Morgan fingerprint density at radius 1 is 0.268 bits per heavy atom. The number of rotatable bonds is 60. The van der Waals surface area contributed by atoms with Gasteiger partial charge in [-0.2, -0.15) is 0 Å². The lowest BCUT2D eigenvalue weighted by molar-refractivity contribution is -0.167. The van der Waals surface area contributed by atoms with Crippen LogP contribution in [0.5, 0.6) is 0 Å². The number of allylic oxidation sites excluding steroid dienone is 2. The third-order valence-corrected chi connectivity index (χ3v) is 14.8. The Labute approximate surface area is 443 Å². The van der Waals surface area contributed by atoms with Crippen LogP contribution in [-0.4, -0.2) is 37.2 Å². The highest BCUT2D eigenvalue weighted by molar-refractivity contribution is 5.71. The van der Waals surface area contributed by atoms with Crippen LogP contribution in [0.2, 0.25) is 0 Å². The summed E-state index contributed by atoms with van der Waals surface area (Å²) in [6, 6.07) is 0. The molecule has 0 rings (SSSR count). The summed E-state index contributed by atoms with van der Waals surface area (Å²) in [5.74, 6) is -0.838. The Balaban J connectivity index is 4.29. The number of esters is 3. The van der Waals surface area contributed by atoms with E-state index in [4.69, 9.17) is 14.2 Å². The Kier molecular flexibility index (Phi) is 59.1. The van der Waals surface area contributed by atoms with Gasteiger partial charge < -0.3 is 14.2 Å². The fourth-order valence-corrected chi connectivity index (χ4v) is 9.91. The molecule has 0 fully saturated rings. The summed E-state index contributed by atoms with van der Waals surface area (Å²) >= 11 is 0. The molecular weight excluding hydrogens is 877 g/mol. The van der Waals surface area contributed by atoms with E-state index in [0.29, 0.717) is 19.3 Å². The van der Waals surface area contributed by atoms with Crippen LogP contribution in [0, 0.1) is 0 Å². The zero-order chi connectivity index (χ0) is 51.4. The lowest BCUT2D eigenvalue weighted by Gasteiger charge is -2.18. The van der Waals surface area contributed by atoms with Crippen molar-refractivity contribution in [2.45, 2.75) is 374 Å². The molecule has 0 aromatic carbocycles. The van der Waals surface area contributed by atoms with E-state index in [9.17, 15) is 14.4 Å². The normalized spacial score (nSPS) is 12.0. The van der Waals surface area contributed by atoms with Crippen LogP contribution in [0.15, 0.2) is 12.2 Å². The molecule has 6 nitrogen and oxygen atoms in total. The third-order valence-electron chi connectivity index (χ3n) is 14.8. The summed E-state index contributed by atoms with van der Waals surface area (Å²) in [7, 11) is 0. The quantitative estimate of drug-likeness (QED) is 0.0261. The molecule has 0 radical (unpaired) electrons. The Morgan fingerprint density at radius 3 is 0.704 bits per heavy atom. The molecule has 0 aromatic rings. The average molecular weight is 1000 g/mol. The average Bonchev–Trinajstić information content (AvgIpc) is 3.37. The van der Waals surface area contributed by atoms with Gasteiger partial charge in [-0.1, -0.05) is 315 Å². The Bertz CT molecular complexity index is 1100. The van der Waals surface area contributed by atoms with Crippen LogP contribution < -0.4 is 0 Å². The summed E-state index contributed by atoms with van der Waals surface area (Å²) in [5, 5.41) is 0. The van der Waals surface area contributed by atoms with Crippen molar-refractivity contribution in [2.75, 3.05) is 13.2 Å². The highest BCUT2D eigenvalue weighted by atomic mass is 16.6. The van der Waals surface area contributed by atoms with E-state index < -0.39 is 6.10 Å². The van der Waals surface area contributed by atoms with Gasteiger partial charge in [-0.05, 0) is 44.9 Å². The van der Waals surface area contributed by atoms with Crippen LogP contribution >= 0.6 is 0 Å². The standard InChI is InChI=1S/C65H124O6/c1-4-7-10-13-16-19-22-25-28-30-31-32-33-35-38-41-44-47-50-53-56-59-65(68)71-62(60-69-63(66)57-54-51-48-45-42-39-36-27-24-21-18-15-12-9-6-3)61-70-64(67)58-55-52-49-46-43-40-37-34-29-26-23-20-17-14-11-8-5-2/h26,29,62H,4-25,27-28,30-61H2,1-3H3/b29-26-/t62-/m0/s1. The molecule has 0 amide bonds. The van der Waals surface area contributed by atoms with E-state index in [-0.39, 0.29) is 31.1 Å². The van der Waals surface area contributed by atoms with Gasteiger partial charge >= 0.3 is 17.9 Å². The van der Waals surface area contributed by atoms with E-state index in [2.05, 4.69) is 32.9 Å². The third kappa shape index (κ3) is 58.9. The number of hydrogen-bond donors (Lipinski definition) is 0. The first-order chi connectivity index (χ1) is 35.0. The monoisotopic (exact) mass is 1000 g/mol. The zero-order valence-corrected chi connectivity index (χ0v) is 48.3. The Morgan fingerprint density at radius 2 is 0.465 bits per heavy atom. The van der Waals surface area contributed by atoms with Crippen molar-refractivity contribution in [1.82, 2.24) is 0 Å². The highest BCUT2D eigenvalue weighted by Gasteiger charge is 2.19. The van der Waals surface area contributed by atoms with Gasteiger partial charge in [0.2, 0.25) is 0 Å². The largest absolute Gasteiger partial charge is 0.462 e. The van der Waals surface area contributed by atoms with Crippen molar-refractivity contribution in [2.24, 2.45) is 0 Å². The van der Waals surface area contributed by atoms with Crippen LogP contribution in [0.25, 0.3) is 0 Å². The minimum Gasteiger partial charge on any atom is -0.462 e. The van der Waals surface area contributed by atoms with Gasteiger partial charge in [0.25, 0.3) is 0 Å². The van der Waals surface area contributed by atoms with Crippen molar-refractivity contribution >= 4 is 17.9 Å². The molecule has 0 saturated heterocycles. The summed E-state index contributed by atoms with van der Waals surface area (Å²) in [4.78, 5) is 38.3. The van der Waals surface area contributed by atoms with Gasteiger partial charge in [0, 0.05) is 19.3 Å². The van der Waals surface area contributed by atoms with Crippen molar-refractivity contribution in [3.63, 3.8) is 0 Å². The molecule has 71 heavy (non-hydrogen) atoms. The van der Waals surface area contributed by atoms with E-state index in [1.54, 1.807) is 0 Å². The Hall–Kier alpha value is -1.85. The van der Waals surface area contributed by atoms with Crippen molar-refractivity contribution < 1.29 is 28.6 Å². The van der Waals surface area contributed by atoms with Crippen LogP contribution in [0.3, 0.4) is 0 Å². The minimum absolute atomic E-state index is 0.0647. The fraction of sp³-hybridized carbons (Fsp3) is 0.923. The number of hydrogen-bond acceptors (Lipinski definition) is 6. The number of ether oxygens (including phenoxy) is 3. The molecule has 420 valence electrons. The van der Waals surface area contributed by atoms with Crippen LogP contribution in [0.4, 0.5) is 0 Å². The molecular formula is C65H124O6. The van der Waals surface area contributed by atoms with Crippen LogP contribution in [0.1, 0.15) is 367 Å². The van der Waals surface area contributed by atoms with Crippen molar-refractivity contribution in [3.05, 3.63) is 12.2 Å². The van der Waals surface area contributed by atoms with Gasteiger partial charge in [-0.3, -0.25) is 14.4 Å². The highest BCUT2D eigenvalue weighted by Crippen LogP contribution is 2.18. The first kappa shape index (κ1) is 69.2. The molecule has 0 heterocycles. The predicted octanol–water partition coefficient (Wildman–Crippen LogP) is 21.7. The van der Waals surface area contributed by atoms with Gasteiger partial charge in [0.15, 0.2) is 6.10 Å². The molecule has 0 aliphatic rings. The summed E-state index contributed by atoms with van der Waals surface area (Å²) < 4.78 is 17.0.